The van der Waals surface area contributed by atoms with Crippen molar-refractivity contribution in [1.29, 1.82) is 0 Å². The maximum atomic E-state index is 11.2. The Bertz CT molecular complexity index is 443. The van der Waals surface area contributed by atoms with Gasteiger partial charge in [-0.15, -0.1) is 0 Å². The van der Waals surface area contributed by atoms with E-state index in [1.165, 1.54) is 7.11 Å². The van der Waals surface area contributed by atoms with E-state index in [-0.39, 0.29) is 6.61 Å². The molecule has 0 spiro atoms. The van der Waals surface area contributed by atoms with Gasteiger partial charge in [-0.3, -0.25) is 0 Å². The van der Waals surface area contributed by atoms with Crippen molar-refractivity contribution >= 4 is 11.7 Å². The Kier molecular flexibility index (Phi) is 5.48. The smallest absolute Gasteiger partial charge is 0.343 e. The predicted molar refractivity (Wildman–Crippen MR) is 74.2 cm³/mol. The van der Waals surface area contributed by atoms with Crippen LogP contribution in [0.1, 0.15) is 12.5 Å². The average molecular weight is 267 g/mol. The van der Waals surface area contributed by atoms with E-state index in [1.807, 2.05) is 38.1 Å². The van der Waals surface area contributed by atoms with Gasteiger partial charge in [0.05, 0.1) is 19.9 Å². The van der Waals surface area contributed by atoms with Crippen molar-refractivity contribution in [3.63, 3.8) is 0 Å². The molecule has 0 N–H and O–H groups in total. The summed E-state index contributed by atoms with van der Waals surface area (Å²) in [6.45, 7) is 1.90. The molecule has 1 aromatic rings. The van der Waals surface area contributed by atoms with Gasteiger partial charge in [-0.05, 0) is 18.6 Å². The van der Waals surface area contributed by atoms with Gasteiger partial charge in [0.25, 0.3) is 0 Å². The Labute approximate surface area is 114 Å². The van der Waals surface area contributed by atoms with Crippen LogP contribution in [-0.2, 0) is 16.0 Å². The van der Waals surface area contributed by atoms with Gasteiger partial charge in [0.15, 0.2) is 6.61 Å². The molecule has 0 aliphatic rings. The molecule has 106 valence electrons. The third kappa shape index (κ3) is 3.53. The highest BCUT2D eigenvalue weighted by Gasteiger charge is 2.16. The van der Waals surface area contributed by atoms with Gasteiger partial charge in [0.1, 0.15) is 11.5 Å². The van der Waals surface area contributed by atoms with Crippen molar-refractivity contribution in [1.82, 2.24) is 0 Å². The number of hydrogen-bond acceptors (Lipinski definition) is 5. The van der Waals surface area contributed by atoms with E-state index in [9.17, 15) is 4.79 Å². The second-order valence-corrected chi connectivity index (χ2v) is 4.21. The number of carbonyl (C=O) groups excluding carboxylic acids is 1. The SMILES string of the molecule is CCc1c(OC)ccc(N(C)C)c1OCC(=O)OC. The van der Waals surface area contributed by atoms with Crippen LogP contribution in [0.2, 0.25) is 0 Å². The average Bonchev–Trinajstić information content (AvgIpc) is 2.42. The lowest BCUT2D eigenvalue weighted by Crippen LogP contribution is -2.17. The van der Waals surface area contributed by atoms with Crippen LogP contribution < -0.4 is 14.4 Å². The first-order chi connectivity index (χ1) is 9.04. The van der Waals surface area contributed by atoms with Crippen molar-refractivity contribution in [2.45, 2.75) is 13.3 Å². The van der Waals surface area contributed by atoms with Gasteiger partial charge in [-0.25, -0.2) is 4.79 Å². The van der Waals surface area contributed by atoms with E-state index in [0.29, 0.717) is 5.75 Å². The van der Waals surface area contributed by atoms with E-state index < -0.39 is 5.97 Å². The summed E-state index contributed by atoms with van der Waals surface area (Å²) in [5.74, 6) is 1.01. The Hall–Kier alpha value is -1.91. The van der Waals surface area contributed by atoms with Crippen molar-refractivity contribution in [2.75, 3.05) is 39.8 Å². The molecule has 0 aliphatic carbocycles. The first-order valence-corrected chi connectivity index (χ1v) is 6.11. The van der Waals surface area contributed by atoms with Crippen LogP contribution in [0.3, 0.4) is 0 Å². The van der Waals surface area contributed by atoms with E-state index in [4.69, 9.17) is 9.47 Å². The maximum Gasteiger partial charge on any atom is 0.343 e. The van der Waals surface area contributed by atoms with Crippen LogP contribution in [0, 0.1) is 0 Å². The molecule has 0 saturated carbocycles. The van der Waals surface area contributed by atoms with Gasteiger partial charge in [0.2, 0.25) is 0 Å². The third-order valence-electron chi connectivity index (χ3n) is 2.81. The van der Waals surface area contributed by atoms with Crippen LogP contribution in [-0.4, -0.2) is 40.9 Å². The molecular weight excluding hydrogens is 246 g/mol. The van der Waals surface area contributed by atoms with Crippen molar-refractivity contribution < 1.29 is 19.0 Å². The van der Waals surface area contributed by atoms with Gasteiger partial charge in [-0.2, -0.15) is 0 Å². The Morgan fingerprint density at radius 3 is 2.42 bits per heavy atom. The second-order valence-electron chi connectivity index (χ2n) is 4.21. The molecule has 0 bridgehead atoms. The largest absolute Gasteiger partial charge is 0.496 e. The third-order valence-corrected chi connectivity index (χ3v) is 2.81. The fourth-order valence-electron chi connectivity index (χ4n) is 1.83. The number of esters is 1. The summed E-state index contributed by atoms with van der Waals surface area (Å²) in [6.07, 6.45) is 0.751. The van der Waals surface area contributed by atoms with Gasteiger partial charge < -0.3 is 19.1 Å². The van der Waals surface area contributed by atoms with Gasteiger partial charge in [0, 0.05) is 19.7 Å². The van der Waals surface area contributed by atoms with Crippen LogP contribution in [0.25, 0.3) is 0 Å². The summed E-state index contributed by atoms with van der Waals surface area (Å²) in [7, 11) is 6.80. The molecule has 0 unspecified atom stereocenters. The highest BCUT2D eigenvalue weighted by Crippen LogP contribution is 2.37. The number of carbonyl (C=O) groups is 1. The number of ether oxygens (including phenoxy) is 3. The molecule has 0 fully saturated rings. The Morgan fingerprint density at radius 2 is 1.95 bits per heavy atom. The van der Waals surface area contributed by atoms with Gasteiger partial charge >= 0.3 is 5.97 Å². The summed E-state index contributed by atoms with van der Waals surface area (Å²) < 4.78 is 15.5. The zero-order chi connectivity index (χ0) is 14.4. The van der Waals surface area contributed by atoms with Crippen molar-refractivity contribution in [2.24, 2.45) is 0 Å². The van der Waals surface area contributed by atoms with E-state index in [1.54, 1.807) is 7.11 Å². The molecule has 0 aliphatic heterocycles. The van der Waals surface area contributed by atoms with E-state index >= 15 is 0 Å². The Balaban J connectivity index is 3.17. The van der Waals surface area contributed by atoms with Crippen LogP contribution in [0.4, 0.5) is 5.69 Å². The predicted octanol–water partition coefficient (Wildman–Crippen LogP) is 1.88. The molecule has 0 aromatic heterocycles. The highest BCUT2D eigenvalue weighted by atomic mass is 16.6. The molecular formula is C14H21NO4. The number of benzene rings is 1. The molecule has 0 saturated heterocycles. The Morgan fingerprint density at radius 1 is 1.26 bits per heavy atom. The lowest BCUT2D eigenvalue weighted by molar-refractivity contribution is -0.142. The highest BCUT2D eigenvalue weighted by molar-refractivity contribution is 5.72. The maximum absolute atomic E-state index is 11.2. The van der Waals surface area contributed by atoms with Crippen LogP contribution >= 0.6 is 0 Å². The quantitative estimate of drug-likeness (QED) is 0.736. The van der Waals surface area contributed by atoms with Crippen molar-refractivity contribution in [3.8, 4) is 11.5 Å². The zero-order valence-electron chi connectivity index (χ0n) is 12.1. The topological polar surface area (TPSA) is 48.0 Å². The van der Waals surface area contributed by atoms with E-state index in [2.05, 4.69) is 4.74 Å². The minimum absolute atomic E-state index is 0.114. The standard InChI is InChI=1S/C14H21NO4/c1-6-10-12(17-4)8-7-11(15(2)3)14(10)19-9-13(16)18-5/h7-8H,6,9H2,1-5H3. The van der Waals surface area contributed by atoms with Gasteiger partial charge in [-0.1, -0.05) is 6.92 Å². The van der Waals surface area contributed by atoms with Crippen LogP contribution in [0.15, 0.2) is 12.1 Å². The molecule has 5 heteroatoms. The summed E-state index contributed by atoms with van der Waals surface area (Å²) in [4.78, 5) is 13.2. The lowest BCUT2D eigenvalue weighted by atomic mass is 10.1. The first-order valence-electron chi connectivity index (χ1n) is 6.11. The minimum Gasteiger partial charge on any atom is -0.496 e. The molecule has 0 heterocycles. The number of hydrogen-bond donors (Lipinski definition) is 0. The summed E-state index contributed by atoms with van der Waals surface area (Å²) in [5, 5.41) is 0. The minimum atomic E-state index is -0.408. The molecule has 1 aromatic carbocycles. The molecule has 0 atom stereocenters. The number of methoxy groups -OCH3 is 2. The summed E-state index contributed by atoms with van der Waals surface area (Å²) in [5.41, 5.74) is 1.85. The molecule has 0 amide bonds. The monoisotopic (exact) mass is 267 g/mol. The first kappa shape index (κ1) is 15.1. The molecule has 5 nitrogen and oxygen atoms in total. The van der Waals surface area contributed by atoms with E-state index in [0.717, 1.165) is 23.4 Å². The second kappa shape index (κ2) is 6.87. The summed E-state index contributed by atoms with van der Waals surface area (Å²) >= 11 is 0. The number of rotatable bonds is 6. The zero-order valence-corrected chi connectivity index (χ0v) is 12.1. The fourth-order valence-corrected chi connectivity index (χ4v) is 1.83. The van der Waals surface area contributed by atoms with Crippen LogP contribution in [0.5, 0.6) is 11.5 Å². The summed E-state index contributed by atoms with van der Waals surface area (Å²) in [6, 6.07) is 3.81. The number of anilines is 1. The lowest BCUT2D eigenvalue weighted by Gasteiger charge is -2.21. The number of nitrogens with zero attached hydrogens (tertiary/aromatic N) is 1. The molecule has 19 heavy (non-hydrogen) atoms. The normalized spacial score (nSPS) is 9.95. The van der Waals surface area contributed by atoms with Crippen molar-refractivity contribution in [3.05, 3.63) is 17.7 Å². The molecule has 1 rings (SSSR count). The fraction of sp³-hybridized carbons (Fsp3) is 0.500. The molecule has 0 radical (unpaired) electrons.